The van der Waals surface area contributed by atoms with E-state index in [2.05, 4.69) is 10.6 Å². The fraction of sp³-hybridized carbons (Fsp3) is 0.778. The van der Waals surface area contributed by atoms with E-state index in [1.807, 2.05) is 0 Å². The average Bonchev–Trinajstić information content (AvgIpc) is 2.21. The van der Waals surface area contributed by atoms with Gasteiger partial charge in [0.25, 0.3) is 0 Å². The van der Waals surface area contributed by atoms with Crippen LogP contribution in [0.5, 0.6) is 0 Å². The second kappa shape index (κ2) is 7.21. The van der Waals surface area contributed by atoms with E-state index in [0.717, 1.165) is 0 Å². The molecule has 0 bridgehead atoms. The Kier molecular flexibility index (Phi) is 6.71. The lowest BCUT2D eigenvalue weighted by Crippen LogP contribution is -2.47. The summed E-state index contributed by atoms with van der Waals surface area (Å²) in [6.07, 6.45) is 1.87. The van der Waals surface area contributed by atoms with Crippen LogP contribution >= 0.6 is 0 Å². The Labute approximate surface area is 97.3 Å². The SMILES string of the molecule is CC[C@@H](NC(=O)NCC(C)S(C)=O)C(=O)O. The highest BCUT2D eigenvalue weighted by Crippen LogP contribution is 1.92. The van der Waals surface area contributed by atoms with E-state index in [0.29, 0.717) is 6.42 Å². The van der Waals surface area contributed by atoms with Crippen molar-refractivity contribution in [3.8, 4) is 0 Å². The quantitative estimate of drug-likeness (QED) is 0.614. The lowest BCUT2D eigenvalue weighted by atomic mass is 10.2. The molecule has 0 saturated carbocycles. The van der Waals surface area contributed by atoms with Gasteiger partial charge in [0.1, 0.15) is 6.04 Å². The van der Waals surface area contributed by atoms with Gasteiger partial charge in [0.05, 0.1) is 0 Å². The van der Waals surface area contributed by atoms with Crippen LogP contribution in [0.4, 0.5) is 4.79 Å². The van der Waals surface area contributed by atoms with E-state index in [9.17, 15) is 13.8 Å². The number of amides is 2. The summed E-state index contributed by atoms with van der Waals surface area (Å²) in [6.45, 7) is 3.67. The van der Waals surface area contributed by atoms with Crippen molar-refractivity contribution in [2.24, 2.45) is 0 Å². The zero-order chi connectivity index (χ0) is 12.7. The summed E-state index contributed by atoms with van der Waals surface area (Å²) in [5.41, 5.74) is 0. The van der Waals surface area contributed by atoms with Gasteiger partial charge in [-0.1, -0.05) is 6.92 Å². The highest BCUT2D eigenvalue weighted by atomic mass is 32.2. The molecule has 0 rings (SSSR count). The molecule has 16 heavy (non-hydrogen) atoms. The van der Waals surface area contributed by atoms with Crippen molar-refractivity contribution in [1.29, 1.82) is 0 Å². The maximum absolute atomic E-state index is 11.3. The zero-order valence-electron chi connectivity index (χ0n) is 9.65. The van der Waals surface area contributed by atoms with Crippen LogP contribution in [0.3, 0.4) is 0 Å². The largest absolute Gasteiger partial charge is 0.480 e. The third-order valence-corrected chi connectivity index (χ3v) is 3.43. The fourth-order valence-corrected chi connectivity index (χ4v) is 1.22. The van der Waals surface area contributed by atoms with Crippen molar-refractivity contribution in [2.75, 3.05) is 12.8 Å². The third kappa shape index (κ3) is 5.69. The van der Waals surface area contributed by atoms with Crippen molar-refractivity contribution < 1.29 is 18.9 Å². The first-order valence-electron chi connectivity index (χ1n) is 4.97. The first-order chi connectivity index (χ1) is 7.38. The molecule has 2 unspecified atom stereocenters. The number of hydrogen-bond acceptors (Lipinski definition) is 3. The van der Waals surface area contributed by atoms with E-state index < -0.39 is 28.8 Å². The van der Waals surface area contributed by atoms with Gasteiger partial charge < -0.3 is 15.7 Å². The van der Waals surface area contributed by atoms with Crippen LogP contribution in [0.15, 0.2) is 0 Å². The minimum atomic E-state index is -1.07. The number of nitrogens with one attached hydrogen (secondary N) is 2. The molecule has 0 saturated heterocycles. The second-order valence-electron chi connectivity index (χ2n) is 3.46. The van der Waals surface area contributed by atoms with Gasteiger partial charge in [-0.2, -0.15) is 0 Å². The van der Waals surface area contributed by atoms with Gasteiger partial charge in [0.2, 0.25) is 0 Å². The summed E-state index contributed by atoms with van der Waals surface area (Å²) in [5, 5.41) is 13.3. The molecule has 0 heterocycles. The van der Waals surface area contributed by atoms with Gasteiger partial charge in [0.15, 0.2) is 0 Å². The van der Waals surface area contributed by atoms with Crippen molar-refractivity contribution in [3.63, 3.8) is 0 Å². The smallest absolute Gasteiger partial charge is 0.326 e. The molecule has 0 fully saturated rings. The second-order valence-corrected chi connectivity index (χ2v) is 5.26. The Hall–Kier alpha value is -1.11. The van der Waals surface area contributed by atoms with Crippen LogP contribution in [-0.2, 0) is 15.6 Å². The number of hydrogen-bond donors (Lipinski definition) is 3. The third-order valence-electron chi connectivity index (χ3n) is 2.13. The number of rotatable bonds is 6. The van der Waals surface area contributed by atoms with E-state index in [-0.39, 0.29) is 11.8 Å². The summed E-state index contributed by atoms with van der Waals surface area (Å²) >= 11 is 0. The molecule has 0 aromatic heterocycles. The van der Waals surface area contributed by atoms with Crippen molar-refractivity contribution in [2.45, 2.75) is 31.6 Å². The van der Waals surface area contributed by atoms with Gasteiger partial charge in [-0.15, -0.1) is 0 Å². The maximum Gasteiger partial charge on any atom is 0.326 e. The molecule has 0 aliphatic heterocycles. The lowest BCUT2D eigenvalue weighted by molar-refractivity contribution is -0.139. The van der Waals surface area contributed by atoms with Crippen molar-refractivity contribution in [3.05, 3.63) is 0 Å². The minimum Gasteiger partial charge on any atom is -0.480 e. The standard InChI is InChI=1S/C9H18N2O4S/c1-4-7(8(12)13)11-9(14)10-5-6(2)16(3)15/h6-7H,4-5H2,1-3H3,(H,12,13)(H2,10,11,14)/t6?,7-,16?/m1/s1. The number of carbonyl (C=O) groups excluding carboxylic acids is 1. The molecule has 0 aromatic rings. The molecule has 94 valence electrons. The molecule has 0 radical (unpaired) electrons. The topological polar surface area (TPSA) is 95.5 Å². The predicted molar refractivity (Wildman–Crippen MR) is 61.8 cm³/mol. The molecule has 0 aliphatic rings. The molecule has 0 aliphatic carbocycles. The molecular weight excluding hydrogens is 232 g/mol. The van der Waals surface area contributed by atoms with Gasteiger partial charge in [-0.25, -0.2) is 9.59 Å². The van der Waals surface area contributed by atoms with Crippen LogP contribution in [0.25, 0.3) is 0 Å². The van der Waals surface area contributed by atoms with Gasteiger partial charge in [0, 0.05) is 28.9 Å². The molecule has 3 N–H and O–H groups in total. The maximum atomic E-state index is 11.3. The average molecular weight is 250 g/mol. The predicted octanol–water partition coefficient (Wildman–Crippen LogP) is -0.0842. The molecular formula is C9H18N2O4S. The summed E-state index contributed by atoms with van der Waals surface area (Å²) in [7, 11) is -1.01. The van der Waals surface area contributed by atoms with E-state index in [1.165, 1.54) is 0 Å². The number of carboxylic acids is 1. The van der Waals surface area contributed by atoms with Crippen LogP contribution in [0.2, 0.25) is 0 Å². The molecule has 0 spiro atoms. The Balaban J connectivity index is 3.99. The first-order valence-corrected chi connectivity index (χ1v) is 6.60. The van der Waals surface area contributed by atoms with Gasteiger partial charge >= 0.3 is 12.0 Å². The monoisotopic (exact) mass is 250 g/mol. The highest BCUT2D eigenvalue weighted by Gasteiger charge is 2.17. The number of aliphatic carboxylic acids is 1. The van der Waals surface area contributed by atoms with Crippen LogP contribution in [0, 0.1) is 0 Å². The molecule has 2 amide bonds. The van der Waals surface area contributed by atoms with E-state index in [4.69, 9.17) is 5.11 Å². The summed E-state index contributed by atoms with van der Waals surface area (Å²) in [4.78, 5) is 21.9. The summed E-state index contributed by atoms with van der Waals surface area (Å²) in [6, 6.07) is -1.44. The van der Waals surface area contributed by atoms with Gasteiger partial charge in [-0.05, 0) is 13.3 Å². The lowest BCUT2D eigenvalue weighted by Gasteiger charge is -2.14. The Morgan fingerprint density at radius 1 is 1.44 bits per heavy atom. The van der Waals surface area contributed by atoms with E-state index in [1.54, 1.807) is 20.1 Å². The van der Waals surface area contributed by atoms with Crippen molar-refractivity contribution in [1.82, 2.24) is 10.6 Å². The molecule has 0 aromatic carbocycles. The molecule has 3 atom stereocenters. The summed E-state index contributed by atoms with van der Waals surface area (Å²) in [5.74, 6) is -1.07. The molecule has 7 heteroatoms. The Morgan fingerprint density at radius 2 is 2.00 bits per heavy atom. The highest BCUT2D eigenvalue weighted by molar-refractivity contribution is 7.84. The first kappa shape index (κ1) is 14.9. The number of carbonyl (C=O) groups is 2. The van der Waals surface area contributed by atoms with E-state index >= 15 is 0 Å². The Morgan fingerprint density at radius 3 is 2.38 bits per heavy atom. The van der Waals surface area contributed by atoms with Crippen LogP contribution in [-0.4, -0.2) is 45.4 Å². The number of carboxylic acid groups (broad SMARTS) is 1. The van der Waals surface area contributed by atoms with Gasteiger partial charge in [-0.3, -0.25) is 4.21 Å². The zero-order valence-corrected chi connectivity index (χ0v) is 10.5. The van der Waals surface area contributed by atoms with Crippen LogP contribution < -0.4 is 10.6 Å². The normalized spacial score (nSPS) is 15.9. The fourth-order valence-electron chi connectivity index (χ4n) is 0.901. The van der Waals surface area contributed by atoms with Crippen LogP contribution in [0.1, 0.15) is 20.3 Å². The van der Waals surface area contributed by atoms with Crippen molar-refractivity contribution >= 4 is 22.8 Å². The molecule has 6 nitrogen and oxygen atoms in total. The Bertz CT molecular complexity index is 283. The summed E-state index contributed by atoms with van der Waals surface area (Å²) < 4.78 is 11.0. The minimum absolute atomic E-state index is 0.157. The number of urea groups is 1.